The average molecular weight is 314 g/mol. The molecule has 7 heteroatoms. The zero-order valence-corrected chi connectivity index (χ0v) is 12.5. The minimum absolute atomic E-state index is 0.0466. The van der Waals surface area contributed by atoms with E-state index in [0.29, 0.717) is 29.2 Å². The third kappa shape index (κ3) is 1.70. The SMILES string of the molecule is CCCN1C(=O)[C@@]2(CC(=O)Nc3[nH]ncc32)c2cc(F)ccc21. The first kappa shape index (κ1) is 13.9. The first-order valence-electron chi connectivity index (χ1n) is 7.53. The van der Waals surface area contributed by atoms with Crippen molar-refractivity contribution in [3.05, 3.63) is 41.3 Å². The number of amides is 2. The number of anilines is 2. The molecule has 1 spiro atoms. The molecule has 0 aliphatic carbocycles. The van der Waals surface area contributed by atoms with Crippen LogP contribution in [-0.2, 0) is 15.0 Å². The number of benzene rings is 1. The summed E-state index contributed by atoms with van der Waals surface area (Å²) in [5, 5.41) is 9.34. The van der Waals surface area contributed by atoms with Gasteiger partial charge in [-0.05, 0) is 30.2 Å². The summed E-state index contributed by atoms with van der Waals surface area (Å²) in [4.78, 5) is 27.0. The lowest BCUT2D eigenvalue weighted by molar-refractivity contribution is -0.126. The molecule has 2 aliphatic heterocycles. The standard InChI is InChI=1S/C16H15FN4O2/c1-2-5-21-12-4-3-9(17)6-10(12)16(15(21)23)7-13(22)19-14-11(16)8-18-20-14/h3-4,6,8H,2,5,7H2,1H3,(H2,18,19,20,22)/t16-/m0/s1. The molecule has 4 rings (SSSR count). The fraction of sp³-hybridized carbons (Fsp3) is 0.312. The normalized spacial score (nSPS) is 22.3. The molecule has 2 aromatic rings. The third-order valence-corrected chi connectivity index (χ3v) is 4.56. The van der Waals surface area contributed by atoms with Crippen LogP contribution in [0.1, 0.15) is 30.9 Å². The van der Waals surface area contributed by atoms with E-state index in [1.54, 1.807) is 11.0 Å². The van der Waals surface area contributed by atoms with E-state index in [9.17, 15) is 14.0 Å². The van der Waals surface area contributed by atoms with Crippen molar-refractivity contribution in [1.29, 1.82) is 0 Å². The van der Waals surface area contributed by atoms with E-state index in [2.05, 4.69) is 15.5 Å². The molecule has 118 valence electrons. The summed E-state index contributed by atoms with van der Waals surface area (Å²) in [6.07, 6.45) is 2.26. The summed E-state index contributed by atoms with van der Waals surface area (Å²) in [5.41, 5.74) is 0.596. The number of carbonyl (C=O) groups excluding carboxylic acids is 2. The lowest BCUT2D eigenvalue weighted by Gasteiger charge is -2.31. The minimum Gasteiger partial charge on any atom is -0.311 e. The van der Waals surface area contributed by atoms with Crippen molar-refractivity contribution in [2.75, 3.05) is 16.8 Å². The largest absolute Gasteiger partial charge is 0.311 e. The van der Waals surface area contributed by atoms with Gasteiger partial charge < -0.3 is 10.2 Å². The molecule has 2 N–H and O–H groups in total. The molecule has 0 fully saturated rings. The Morgan fingerprint density at radius 3 is 2.96 bits per heavy atom. The fourth-order valence-corrected chi connectivity index (χ4v) is 3.64. The Balaban J connectivity index is 2.02. The third-order valence-electron chi connectivity index (χ3n) is 4.56. The number of fused-ring (bicyclic) bond motifs is 4. The number of H-pyrrole nitrogens is 1. The lowest BCUT2D eigenvalue weighted by Crippen LogP contribution is -2.46. The number of rotatable bonds is 2. The molecule has 0 radical (unpaired) electrons. The van der Waals surface area contributed by atoms with Gasteiger partial charge >= 0.3 is 0 Å². The maximum Gasteiger partial charge on any atom is 0.242 e. The van der Waals surface area contributed by atoms with Crippen molar-refractivity contribution in [3.8, 4) is 0 Å². The Labute approximate surface area is 131 Å². The lowest BCUT2D eigenvalue weighted by atomic mass is 9.72. The van der Waals surface area contributed by atoms with Gasteiger partial charge in [0.05, 0.1) is 6.20 Å². The van der Waals surface area contributed by atoms with E-state index in [1.165, 1.54) is 18.3 Å². The van der Waals surface area contributed by atoms with Crippen LogP contribution >= 0.6 is 0 Å². The Hall–Kier alpha value is -2.70. The van der Waals surface area contributed by atoms with E-state index in [0.717, 1.165) is 6.42 Å². The van der Waals surface area contributed by atoms with Crippen LogP contribution in [0.15, 0.2) is 24.4 Å². The van der Waals surface area contributed by atoms with Crippen LogP contribution in [0.25, 0.3) is 0 Å². The Bertz CT molecular complexity index is 831. The number of aromatic amines is 1. The van der Waals surface area contributed by atoms with Crippen LogP contribution in [-0.4, -0.2) is 28.6 Å². The highest BCUT2D eigenvalue weighted by atomic mass is 19.1. The number of carbonyl (C=O) groups is 2. The van der Waals surface area contributed by atoms with Crippen molar-refractivity contribution in [2.24, 2.45) is 0 Å². The Kier molecular flexibility index (Phi) is 2.81. The zero-order chi connectivity index (χ0) is 16.2. The van der Waals surface area contributed by atoms with Crippen LogP contribution in [0, 0.1) is 5.82 Å². The van der Waals surface area contributed by atoms with Crippen molar-refractivity contribution in [2.45, 2.75) is 25.2 Å². The monoisotopic (exact) mass is 314 g/mol. The molecule has 2 aliphatic rings. The summed E-state index contributed by atoms with van der Waals surface area (Å²) >= 11 is 0. The second-order valence-corrected chi connectivity index (χ2v) is 5.91. The summed E-state index contributed by atoms with van der Waals surface area (Å²) in [7, 11) is 0. The second kappa shape index (κ2) is 4.65. The van der Waals surface area contributed by atoms with Crippen molar-refractivity contribution in [1.82, 2.24) is 10.2 Å². The van der Waals surface area contributed by atoms with Crippen LogP contribution in [0.5, 0.6) is 0 Å². The van der Waals surface area contributed by atoms with Crippen LogP contribution < -0.4 is 10.2 Å². The summed E-state index contributed by atoms with van der Waals surface area (Å²) in [5.74, 6) is -0.505. The fourth-order valence-electron chi connectivity index (χ4n) is 3.64. The topological polar surface area (TPSA) is 78.1 Å². The molecule has 0 bridgehead atoms. The van der Waals surface area contributed by atoms with Gasteiger partial charge in [-0.1, -0.05) is 6.92 Å². The predicted octanol–water partition coefficient (Wildman–Crippen LogP) is 1.93. The van der Waals surface area contributed by atoms with Gasteiger partial charge in [-0.3, -0.25) is 14.7 Å². The highest BCUT2D eigenvalue weighted by Gasteiger charge is 2.56. The average Bonchev–Trinajstić information content (AvgIpc) is 3.06. The number of nitrogens with zero attached hydrogens (tertiary/aromatic N) is 2. The number of nitrogens with one attached hydrogen (secondary N) is 2. The Morgan fingerprint density at radius 2 is 2.17 bits per heavy atom. The minimum atomic E-state index is -1.20. The van der Waals surface area contributed by atoms with Gasteiger partial charge in [0.1, 0.15) is 17.1 Å². The number of hydrogen-bond donors (Lipinski definition) is 2. The van der Waals surface area contributed by atoms with Gasteiger partial charge in [-0.15, -0.1) is 0 Å². The van der Waals surface area contributed by atoms with Crippen LogP contribution in [0.2, 0.25) is 0 Å². The molecule has 0 saturated heterocycles. The molecule has 1 atom stereocenters. The molecule has 1 aromatic heterocycles. The van der Waals surface area contributed by atoms with Gasteiger partial charge in [0.15, 0.2) is 0 Å². The van der Waals surface area contributed by atoms with Crippen LogP contribution in [0.3, 0.4) is 0 Å². The predicted molar refractivity (Wildman–Crippen MR) is 81.7 cm³/mol. The first-order valence-corrected chi connectivity index (χ1v) is 7.53. The van der Waals surface area contributed by atoms with E-state index in [1.807, 2.05) is 6.92 Å². The summed E-state index contributed by atoms with van der Waals surface area (Å²) in [6, 6.07) is 4.31. The molecule has 23 heavy (non-hydrogen) atoms. The van der Waals surface area contributed by atoms with E-state index in [4.69, 9.17) is 0 Å². The number of aromatic nitrogens is 2. The molecule has 0 saturated carbocycles. The molecule has 1 aromatic carbocycles. The molecular weight excluding hydrogens is 299 g/mol. The van der Waals surface area contributed by atoms with E-state index < -0.39 is 11.2 Å². The molecular formula is C16H15FN4O2. The molecule has 6 nitrogen and oxygen atoms in total. The quantitative estimate of drug-likeness (QED) is 0.889. The molecule has 0 unspecified atom stereocenters. The highest BCUT2D eigenvalue weighted by molar-refractivity contribution is 6.15. The highest BCUT2D eigenvalue weighted by Crippen LogP contribution is 2.51. The van der Waals surface area contributed by atoms with Gasteiger partial charge in [-0.25, -0.2) is 4.39 Å². The van der Waals surface area contributed by atoms with Crippen molar-refractivity contribution < 1.29 is 14.0 Å². The second-order valence-electron chi connectivity index (χ2n) is 5.91. The van der Waals surface area contributed by atoms with Gasteiger partial charge in [0, 0.05) is 24.2 Å². The van der Waals surface area contributed by atoms with E-state index >= 15 is 0 Å². The van der Waals surface area contributed by atoms with Crippen molar-refractivity contribution >= 4 is 23.3 Å². The molecule has 2 amide bonds. The van der Waals surface area contributed by atoms with Gasteiger partial charge in [0.25, 0.3) is 0 Å². The first-order chi connectivity index (χ1) is 11.1. The van der Waals surface area contributed by atoms with Gasteiger partial charge in [-0.2, -0.15) is 5.10 Å². The maximum atomic E-state index is 13.9. The van der Waals surface area contributed by atoms with Crippen LogP contribution in [0.4, 0.5) is 15.9 Å². The zero-order valence-electron chi connectivity index (χ0n) is 12.5. The summed E-state index contributed by atoms with van der Waals surface area (Å²) < 4.78 is 13.9. The number of hydrogen-bond acceptors (Lipinski definition) is 3. The van der Waals surface area contributed by atoms with Gasteiger partial charge in [0.2, 0.25) is 11.8 Å². The Morgan fingerprint density at radius 1 is 1.35 bits per heavy atom. The molecule has 3 heterocycles. The number of halogens is 1. The summed E-state index contributed by atoms with van der Waals surface area (Å²) in [6.45, 7) is 2.49. The van der Waals surface area contributed by atoms with E-state index in [-0.39, 0.29) is 18.2 Å². The smallest absolute Gasteiger partial charge is 0.242 e. The maximum absolute atomic E-state index is 13.9. The van der Waals surface area contributed by atoms with Crippen molar-refractivity contribution in [3.63, 3.8) is 0 Å².